The van der Waals surface area contributed by atoms with Crippen LogP contribution in [-0.4, -0.2) is 10.2 Å². The summed E-state index contributed by atoms with van der Waals surface area (Å²) < 4.78 is 0. The Labute approximate surface area is 111 Å². The summed E-state index contributed by atoms with van der Waals surface area (Å²) in [7, 11) is 0. The number of aryl methyl sites for hydroxylation is 3. The van der Waals surface area contributed by atoms with Crippen LogP contribution in [-0.2, 0) is 6.42 Å². The lowest BCUT2D eigenvalue weighted by Gasteiger charge is -2.17. The zero-order chi connectivity index (χ0) is 13.0. The number of nitrogens with two attached hydrogens (primary N) is 1. The van der Waals surface area contributed by atoms with Gasteiger partial charge >= 0.3 is 0 Å². The second-order valence-electron chi connectivity index (χ2n) is 4.42. The Kier molecular flexibility index (Phi) is 4.41. The van der Waals surface area contributed by atoms with Crippen molar-refractivity contribution in [1.82, 2.24) is 15.6 Å². The molecule has 1 unspecified atom stereocenters. The van der Waals surface area contributed by atoms with Crippen molar-refractivity contribution < 1.29 is 0 Å². The Balaban J connectivity index is 2.10. The lowest BCUT2D eigenvalue weighted by atomic mass is 9.99. The molecule has 18 heavy (non-hydrogen) atoms. The number of hydrogen-bond donors (Lipinski definition) is 2. The zero-order valence-electron chi connectivity index (χ0n) is 10.7. The van der Waals surface area contributed by atoms with Crippen molar-refractivity contribution in [2.45, 2.75) is 32.7 Å². The number of hydrazine groups is 1. The third kappa shape index (κ3) is 3.13. The van der Waals surface area contributed by atoms with Crippen molar-refractivity contribution in [3.63, 3.8) is 0 Å². The summed E-state index contributed by atoms with van der Waals surface area (Å²) in [6.45, 7) is 3.92. The van der Waals surface area contributed by atoms with Crippen molar-refractivity contribution in [3.8, 4) is 0 Å². The Morgan fingerprint density at radius 2 is 2.22 bits per heavy atom. The Morgan fingerprint density at radius 3 is 2.89 bits per heavy atom. The van der Waals surface area contributed by atoms with E-state index in [2.05, 4.69) is 38.5 Å². The van der Waals surface area contributed by atoms with Gasteiger partial charge in [-0.3, -0.25) is 11.3 Å². The fraction of sp³-hybridized carbons (Fsp3) is 0.385. The van der Waals surface area contributed by atoms with Gasteiger partial charge in [0, 0.05) is 6.04 Å². The van der Waals surface area contributed by atoms with E-state index in [9.17, 15) is 0 Å². The molecule has 0 saturated heterocycles. The molecule has 2 aromatic rings. The molecule has 0 fully saturated rings. The molecule has 1 atom stereocenters. The first-order chi connectivity index (χ1) is 8.70. The van der Waals surface area contributed by atoms with Crippen LogP contribution in [0.5, 0.6) is 0 Å². The average molecular weight is 262 g/mol. The molecule has 2 aromatic heterocycles. The van der Waals surface area contributed by atoms with Crippen LogP contribution >= 0.6 is 11.3 Å². The van der Waals surface area contributed by atoms with Crippen molar-refractivity contribution in [2.75, 3.05) is 0 Å². The second kappa shape index (κ2) is 6.04. The van der Waals surface area contributed by atoms with Gasteiger partial charge < -0.3 is 0 Å². The van der Waals surface area contributed by atoms with Crippen LogP contribution in [0.4, 0.5) is 0 Å². The van der Waals surface area contributed by atoms with Crippen molar-refractivity contribution in [2.24, 2.45) is 5.84 Å². The number of rotatable bonds is 5. The highest BCUT2D eigenvalue weighted by Crippen LogP contribution is 2.21. The average Bonchev–Trinajstić information content (AvgIpc) is 2.87. The first-order valence-electron chi connectivity index (χ1n) is 5.98. The summed E-state index contributed by atoms with van der Waals surface area (Å²) in [5.41, 5.74) is 7.24. The van der Waals surface area contributed by atoms with E-state index in [0.29, 0.717) is 0 Å². The summed E-state index contributed by atoms with van der Waals surface area (Å²) in [6.07, 6.45) is 1.97. The molecule has 5 heteroatoms. The van der Waals surface area contributed by atoms with Crippen LogP contribution in [0.2, 0.25) is 0 Å². The van der Waals surface area contributed by atoms with E-state index < -0.39 is 0 Å². The normalized spacial score (nSPS) is 12.6. The van der Waals surface area contributed by atoms with Crippen LogP contribution in [0.15, 0.2) is 22.9 Å². The van der Waals surface area contributed by atoms with Crippen molar-refractivity contribution >= 4 is 11.3 Å². The maximum absolute atomic E-state index is 5.67. The Hall–Kier alpha value is -1.30. The second-order valence-corrected chi connectivity index (χ2v) is 5.20. The molecule has 0 radical (unpaired) electrons. The van der Waals surface area contributed by atoms with Crippen LogP contribution in [0.25, 0.3) is 0 Å². The maximum atomic E-state index is 5.67. The number of nitrogens with one attached hydrogen (secondary N) is 1. The number of nitrogens with zero attached hydrogens (tertiary/aromatic N) is 2. The van der Waals surface area contributed by atoms with E-state index >= 15 is 0 Å². The molecule has 0 spiro atoms. The van der Waals surface area contributed by atoms with Gasteiger partial charge in [0.1, 0.15) is 0 Å². The molecular weight excluding hydrogens is 244 g/mol. The van der Waals surface area contributed by atoms with E-state index in [4.69, 9.17) is 5.84 Å². The lowest BCUT2D eigenvalue weighted by molar-refractivity contribution is 0.510. The van der Waals surface area contributed by atoms with Crippen LogP contribution in [0.3, 0.4) is 0 Å². The molecule has 0 bridgehead atoms. The Morgan fingerprint density at radius 1 is 1.39 bits per heavy atom. The quantitative estimate of drug-likeness (QED) is 0.641. The van der Waals surface area contributed by atoms with Crippen LogP contribution in [0.1, 0.15) is 35.0 Å². The minimum atomic E-state index is 0.124. The van der Waals surface area contributed by atoms with Gasteiger partial charge in [-0.05, 0) is 60.7 Å². The fourth-order valence-electron chi connectivity index (χ4n) is 2.00. The summed E-state index contributed by atoms with van der Waals surface area (Å²) in [4.78, 5) is 0. The largest absolute Gasteiger partial charge is 0.271 e. The number of hydrogen-bond acceptors (Lipinski definition) is 5. The molecular formula is C13H18N4S. The smallest absolute Gasteiger partial charge is 0.0648 e. The molecule has 3 N–H and O–H groups in total. The third-order valence-electron chi connectivity index (χ3n) is 3.02. The maximum Gasteiger partial charge on any atom is 0.0648 e. The molecule has 2 rings (SSSR count). The highest BCUT2D eigenvalue weighted by atomic mass is 32.1. The fourth-order valence-corrected chi connectivity index (χ4v) is 2.70. The van der Waals surface area contributed by atoms with E-state index in [1.165, 1.54) is 5.56 Å². The van der Waals surface area contributed by atoms with Gasteiger partial charge in [0.05, 0.1) is 11.4 Å². The van der Waals surface area contributed by atoms with E-state index in [1.54, 1.807) is 11.3 Å². The van der Waals surface area contributed by atoms with E-state index in [-0.39, 0.29) is 6.04 Å². The first kappa shape index (κ1) is 13.1. The topological polar surface area (TPSA) is 63.8 Å². The predicted molar refractivity (Wildman–Crippen MR) is 74.2 cm³/mol. The van der Waals surface area contributed by atoms with E-state index in [0.717, 1.165) is 29.8 Å². The number of thiophene rings is 1. The van der Waals surface area contributed by atoms with E-state index in [1.807, 2.05) is 13.8 Å². The van der Waals surface area contributed by atoms with Crippen LogP contribution < -0.4 is 11.3 Å². The third-order valence-corrected chi connectivity index (χ3v) is 3.75. The summed E-state index contributed by atoms with van der Waals surface area (Å²) >= 11 is 1.73. The number of aromatic nitrogens is 2. The molecule has 0 aliphatic rings. The monoisotopic (exact) mass is 262 g/mol. The van der Waals surface area contributed by atoms with Gasteiger partial charge in [0.2, 0.25) is 0 Å². The summed E-state index contributed by atoms with van der Waals surface area (Å²) in [5.74, 6) is 5.67. The van der Waals surface area contributed by atoms with Gasteiger partial charge in [-0.1, -0.05) is 0 Å². The first-order valence-corrected chi connectivity index (χ1v) is 6.93. The Bertz CT molecular complexity index is 496. The minimum absolute atomic E-state index is 0.124. The molecule has 2 heterocycles. The van der Waals surface area contributed by atoms with Crippen molar-refractivity contribution in [1.29, 1.82) is 0 Å². The summed E-state index contributed by atoms with van der Waals surface area (Å²) in [6, 6.07) is 4.33. The SMILES string of the molecule is Cc1cc(C(CCc2ccsc2)NN)c(C)nn1. The zero-order valence-corrected chi connectivity index (χ0v) is 11.5. The van der Waals surface area contributed by atoms with Gasteiger partial charge in [-0.15, -0.1) is 0 Å². The molecule has 4 nitrogen and oxygen atoms in total. The summed E-state index contributed by atoms with van der Waals surface area (Å²) in [5, 5.41) is 12.5. The van der Waals surface area contributed by atoms with Gasteiger partial charge in [-0.25, -0.2) is 0 Å². The molecule has 0 amide bonds. The lowest BCUT2D eigenvalue weighted by Crippen LogP contribution is -2.29. The highest BCUT2D eigenvalue weighted by molar-refractivity contribution is 7.07. The minimum Gasteiger partial charge on any atom is -0.271 e. The molecule has 0 aromatic carbocycles. The molecule has 0 aliphatic carbocycles. The predicted octanol–water partition coefficient (Wildman–Crippen LogP) is 2.29. The van der Waals surface area contributed by atoms with Gasteiger partial charge in [-0.2, -0.15) is 21.5 Å². The van der Waals surface area contributed by atoms with Crippen molar-refractivity contribution in [3.05, 3.63) is 45.4 Å². The molecule has 96 valence electrons. The van der Waals surface area contributed by atoms with Gasteiger partial charge in [0.15, 0.2) is 0 Å². The van der Waals surface area contributed by atoms with Crippen LogP contribution in [0, 0.1) is 13.8 Å². The molecule has 0 saturated carbocycles. The highest BCUT2D eigenvalue weighted by Gasteiger charge is 2.14. The van der Waals surface area contributed by atoms with Gasteiger partial charge in [0.25, 0.3) is 0 Å². The molecule has 0 aliphatic heterocycles. The standard InChI is InChI=1S/C13H18N4S/c1-9-7-12(10(2)17-16-9)13(15-14)4-3-11-5-6-18-8-11/h5-8,13,15H,3-4,14H2,1-2H3.